The average molecular weight is 366 g/mol. The van der Waals surface area contributed by atoms with E-state index in [-0.39, 0.29) is 6.03 Å². The van der Waals surface area contributed by atoms with E-state index >= 15 is 0 Å². The largest absolute Gasteiger partial charge is 0.338 e. The van der Waals surface area contributed by atoms with Gasteiger partial charge >= 0.3 is 6.03 Å². The monoisotopic (exact) mass is 365 g/mol. The molecule has 1 aliphatic heterocycles. The molecule has 1 aliphatic rings. The van der Waals surface area contributed by atoms with Crippen molar-refractivity contribution < 1.29 is 4.79 Å². The van der Waals surface area contributed by atoms with Crippen molar-refractivity contribution in [1.29, 1.82) is 0 Å². The maximum Gasteiger partial charge on any atom is 0.315 e. The van der Waals surface area contributed by atoms with Gasteiger partial charge in [-0.3, -0.25) is 0 Å². The van der Waals surface area contributed by atoms with E-state index in [9.17, 15) is 4.79 Å². The van der Waals surface area contributed by atoms with Crippen LogP contribution in [-0.2, 0) is 0 Å². The van der Waals surface area contributed by atoms with Crippen LogP contribution in [0.15, 0.2) is 60.7 Å². The molecule has 0 spiro atoms. The highest BCUT2D eigenvalue weighted by Crippen LogP contribution is 2.27. The molecular formula is C23H31N3O. The van der Waals surface area contributed by atoms with E-state index in [0.717, 1.165) is 38.9 Å². The number of carbonyl (C=O) groups excluding carboxylic acids is 1. The summed E-state index contributed by atoms with van der Waals surface area (Å²) >= 11 is 0. The van der Waals surface area contributed by atoms with Crippen molar-refractivity contribution in [3.63, 3.8) is 0 Å². The van der Waals surface area contributed by atoms with Gasteiger partial charge in [-0.15, -0.1) is 0 Å². The summed E-state index contributed by atoms with van der Waals surface area (Å²) in [5, 5.41) is 6.20. The number of benzene rings is 2. The summed E-state index contributed by atoms with van der Waals surface area (Å²) in [6.45, 7) is 6.10. The van der Waals surface area contributed by atoms with Crippen LogP contribution in [0.5, 0.6) is 0 Å². The fraction of sp³-hybridized carbons (Fsp3) is 0.435. The minimum atomic E-state index is -0.0372. The van der Waals surface area contributed by atoms with Crippen LogP contribution in [0, 0.1) is 0 Å². The molecule has 4 nitrogen and oxygen atoms in total. The van der Waals surface area contributed by atoms with Crippen LogP contribution in [0.3, 0.4) is 0 Å². The third kappa shape index (κ3) is 5.83. The summed E-state index contributed by atoms with van der Waals surface area (Å²) in [5.41, 5.74) is 2.58. The van der Waals surface area contributed by atoms with Gasteiger partial charge in [-0.1, -0.05) is 67.6 Å². The van der Waals surface area contributed by atoms with Crippen molar-refractivity contribution >= 4 is 6.03 Å². The number of rotatable bonds is 7. The number of piperidine rings is 1. The van der Waals surface area contributed by atoms with Gasteiger partial charge in [0.25, 0.3) is 0 Å². The Labute approximate surface area is 163 Å². The number of urea groups is 1. The molecule has 1 saturated heterocycles. The topological polar surface area (TPSA) is 44.4 Å². The van der Waals surface area contributed by atoms with Gasteiger partial charge in [-0.2, -0.15) is 0 Å². The minimum absolute atomic E-state index is 0.0372. The molecule has 0 aromatic heterocycles. The second-order valence-electron chi connectivity index (χ2n) is 7.27. The molecule has 3 rings (SSSR count). The van der Waals surface area contributed by atoms with Crippen LogP contribution in [-0.4, -0.2) is 43.2 Å². The first kappa shape index (κ1) is 19.4. The molecule has 0 radical (unpaired) electrons. The van der Waals surface area contributed by atoms with Gasteiger partial charge in [0, 0.05) is 31.6 Å². The van der Waals surface area contributed by atoms with E-state index in [2.05, 4.69) is 71.0 Å². The van der Waals surface area contributed by atoms with Crippen LogP contribution in [0.25, 0.3) is 0 Å². The van der Waals surface area contributed by atoms with Crippen molar-refractivity contribution in [3.05, 3.63) is 71.8 Å². The van der Waals surface area contributed by atoms with Crippen LogP contribution in [0.4, 0.5) is 4.79 Å². The number of nitrogens with zero attached hydrogens (tertiary/aromatic N) is 1. The molecular weight excluding hydrogens is 334 g/mol. The van der Waals surface area contributed by atoms with Crippen molar-refractivity contribution in [2.75, 3.05) is 26.2 Å². The fourth-order valence-corrected chi connectivity index (χ4v) is 3.86. The van der Waals surface area contributed by atoms with Gasteiger partial charge < -0.3 is 15.5 Å². The molecule has 4 heteroatoms. The average Bonchev–Trinajstić information content (AvgIpc) is 2.73. The van der Waals surface area contributed by atoms with Crippen LogP contribution >= 0.6 is 0 Å². The molecule has 0 atom stereocenters. The molecule has 0 saturated carbocycles. The smallest absolute Gasteiger partial charge is 0.315 e. The van der Waals surface area contributed by atoms with Gasteiger partial charge in [-0.25, -0.2) is 4.79 Å². The Hall–Kier alpha value is -2.33. The van der Waals surface area contributed by atoms with Gasteiger partial charge in [-0.05, 0) is 36.9 Å². The van der Waals surface area contributed by atoms with E-state index in [1.165, 1.54) is 11.1 Å². The Morgan fingerprint density at radius 1 is 1.00 bits per heavy atom. The second kappa shape index (κ2) is 10.1. The van der Waals surface area contributed by atoms with Gasteiger partial charge in [0.15, 0.2) is 0 Å². The first-order valence-electron chi connectivity index (χ1n) is 10.1. The van der Waals surface area contributed by atoms with E-state index in [0.29, 0.717) is 18.5 Å². The lowest BCUT2D eigenvalue weighted by Crippen LogP contribution is -2.48. The van der Waals surface area contributed by atoms with Gasteiger partial charge in [0.05, 0.1) is 0 Å². The van der Waals surface area contributed by atoms with E-state index < -0.39 is 0 Å². The number of nitrogens with one attached hydrogen (secondary N) is 2. The predicted molar refractivity (Wildman–Crippen MR) is 111 cm³/mol. The SMILES string of the molecule is CCN1CCC(NC(=O)NCCC(c2ccccc2)c2ccccc2)CC1. The van der Waals surface area contributed by atoms with Crippen molar-refractivity contribution in [2.45, 2.75) is 38.1 Å². The summed E-state index contributed by atoms with van der Waals surface area (Å²) < 4.78 is 0. The van der Waals surface area contributed by atoms with Crippen molar-refractivity contribution in [3.8, 4) is 0 Å². The maximum absolute atomic E-state index is 12.3. The fourth-order valence-electron chi connectivity index (χ4n) is 3.86. The summed E-state index contributed by atoms with van der Waals surface area (Å²) in [7, 11) is 0. The van der Waals surface area contributed by atoms with Crippen LogP contribution in [0.1, 0.15) is 43.2 Å². The third-order valence-corrected chi connectivity index (χ3v) is 5.49. The summed E-state index contributed by atoms with van der Waals surface area (Å²) in [6.07, 6.45) is 2.96. The Morgan fingerprint density at radius 3 is 2.07 bits per heavy atom. The first-order valence-corrected chi connectivity index (χ1v) is 10.1. The number of carbonyl (C=O) groups is 1. The highest BCUT2D eigenvalue weighted by Gasteiger charge is 2.20. The molecule has 2 amide bonds. The molecule has 1 heterocycles. The van der Waals surface area contributed by atoms with Crippen molar-refractivity contribution in [1.82, 2.24) is 15.5 Å². The van der Waals surface area contributed by atoms with Crippen LogP contribution in [0.2, 0.25) is 0 Å². The summed E-state index contributed by atoms with van der Waals surface area (Å²) in [5.74, 6) is 0.292. The normalized spacial score (nSPS) is 15.6. The lowest BCUT2D eigenvalue weighted by atomic mass is 9.88. The molecule has 1 fully saturated rings. The van der Waals surface area contributed by atoms with E-state index in [1.807, 2.05) is 12.1 Å². The maximum atomic E-state index is 12.3. The number of amides is 2. The molecule has 0 aliphatic carbocycles. The molecule has 0 unspecified atom stereocenters. The third-order valence-electron chi connectivity index (χ3n) is 5.49. The zero-order valence-corrected chi connectivity index (χ0v) is 16.2. The molecule has 2 aromatic carbocycles. The number of hydrogen-bond donors (Lipinski definition) is 2. The Balaban J connectivity index is 1.50. The summed E-state index contributed by atoms with van der Waals surface area (Å²) in [4.78, 5) is 14.7. The Bertz CT molecular complexity index is 642. The molecule has 2 aromatic rings. The molecule has 144 valence electrons. The highest BCUT2D eigenvalue weighted by molar-refractivity contribution is 5.74. The zero-order chi connectivity index (χ0) is 18.9. The Morgan fingerprint density at radius 2 is 1.56 bits per heavy atom. The van der Waals surface area contributed by atoms with Gasteiger partial charge in [0.1, 0.15) is 0 Å². The van der Waals surface area contributed by atoms with Crippen molar-refractivity contribution in [2.24, 2.45) is 0 Å². The number of hydrogen-bond acceptors (Lipinski definition) is 2. The standard InChI is InChI=1S/C23H31N3O/c1-2-26-17-14-21(15-18-26)25-23(27)24-16-13-22(19-9-5-3-6-10-19)20-11-7-4-8-12-20/h3-12,21-22H,2,13-18H2,1H3,(H2,24,25,27). The minimum Gasteiger partial charge on any atom is -0.338 e. The predicted octanol–water partition coefficient (Wildman–Crippen LogP) is 3.99. The van der Waals surface area contributed by atoms with E-state index in [4.69, 9.17) is 0 Å². The lowest BCUT2D eigenvalue weighted by Gasteiger charge is -2.31. The quantitative estimate of drug-likeness (QED) is 0.779. The first-order chi connectivity index (χ1) is 13.3. The van der Waals surface area contributed by atoms with E-state index in [1.54, 1.807) is 0 Å². The molecule has 0 bridgehead atoms. The Kier molecular flexibility index (Phi) is 7.28. The summed E-state index contributed by atoms with van der Waals surface area (Å²) in [6, 6.07) is 21.3. The van der Waals surface area contributed by atoms with Crippen LogP contribution < -0.4 is 10.6 Å². The zero-order valence-electron chi connectivity index (χ0n) is 16.2. The highest BCUT2D eigenvalue weighted by atomic mass is 16.2. The molecule has 2 N–H and O–H groups in total. The lowest BCUT2D eigenvalue weighted by molar-refractivity contribution is 0.198. The number of likely N-dealkylation sites (tertiary alicyclic amines) is 1. The molecule has 27 heavy (non-hydrogen) atoms. The van der Waals surface area contributed by atoms with Gasteiger partial charge in [0.2, 0.25) is 0 Å². The second-order valence-corrected chi connectivity index (χ2v) is 7.27.